The number of benzene rings is 2. The molecule has 5 nitrogen and oxygen atoms in total. The van der Waals surface area contributed by atoms with E-state index in [0.29, 0.717) is 6.54 Å². The summed E-state index contributed by atoms with van der Waals surface area (Å²) in [5, 5.41) is 6.92. The fraction of sp³-hybridized carbons (Fsp3) is 0.409. The van der Waals surface area contributed by atoms with Crippen LogP contribution in [-0.2, 0) is 6.42 Å². The second kappa shape index (κ2) is 9.31. The molecule has 1 atom stereocenters. The Morgan fingerprint density at radius 2 is 2.11 bits per heavy atom. The van der Waals surface area contributed by atoms with Crippen LogP contribution in [0.15, 0.2) is 47.5 Å². The molecule has 1 aliphatic rings. The van der Waals surface area contributed by atoms with Crippen LogP contribution in [-0.4, -0.2) is 32.8 Å². The van der Waals surface area contributed by atoms with E-state index in [1.807, 2.05) is 12.1 Å². The molecule has 3 rings (SSSR count). The first-order chi connectivity index (χ1) is 13.2. The molecule has 1 heterocycles. The van der Waals surface area contributed by atoms with Gasteiger partial charge in [0.25, 0.3) is 0 Å². The highest BCUT2D eigenvalue weighted by atomic mass is 16.5. The first kappa shape index (κ1) is 19.1. The molecule has 0 saturated heterocycles. The zero-order valence-corrected chi connectivity index (χ0v) is 16.4. The topological polar surface area (TPSA) is 54.9 Å². The van der Waals surface area contributed by atoms with Crippen LogP contribution < -0.4 is 20.1 Å². The zero-order chi connectivity index (χ0) is 19.1. The van der Waals surface area contributed by atoms with Crippen molar-refractivity contribution in [1.29, 1.82) is 0 Å². The van der Waals surface area contributed by atoms with Gasteiger partial charge in [-0.05, 0) is 43.5 Å². The van der Waals surface area contributed by atoms with Crippen molar-refractivity contribution >= 4 is 5.96 Å². The van der Waals surface area contributed by atoms with Gasteiger partial charge >= 0.3 is 0 Å². The van der Waals surface area contributed by atoms with Gasteiger partial charge in [-0.25, -0.2) is 0 Å². The molecular formula is C22H29N3O2. The molecule has 2 aromatic carbocycles. The third kappa shape index (κ3) is 4.94. The molecule has 2 N–H and O–H groups in total. The quantitative estimate of drug-likeness (QED) is 0.605. The van der Waals surface area contributed by atoms with E-state index >= 15 is 0 Å². The van der Waals surface area contributed by atoms with Crippen LogP contribution in [0.3, 0.4) is 0 Å². The highest BCUT2D eigenvalue weighted by molar-refractivity contribution is 5.80. The number of methoxy groups -OCH3 is 1. The van der Waals surface area contributed by atoms with Crippen LogP contribution in [0.5, 0.6) is 11.5 Å². The number of hydrogen-bond acceptors (Lipinski definition) is 3. The van der Waals surface area contributed by atoms with E-state index in [4.69, 9.17) is 14.5 Å². The molecule has 0 fully saturated rings. The molecular weight excluding hydrogens is 338 g/mol. The number of nitrogens with zero attached hydrogens (tertiary/aromatic N) is 1. The van der Waals surface area contributed by atoms with Gasteiger partial charge in [0.1, 0.15) is 11.5 Å². The van der Waals surface area contributed by atoms with Gasteiger partial charge in [0.15, 0.2) is 5.96 Å². The van der Waals surface area contributed by atoms with Crippen molar-refractivity contribution in [3.63, 3.8) is 0 Å². The first-order valence-electron chi connectivity index (χ1n) is 9.61. The van der Waals surface area contributed by atoms with Gasteiger partial charge in [-0.3, -0.25) is 4.99 Å². The molecule has 0 aliphatic carbocycles. The smallest absolute Gasteiger partial charge is 0.191 e. The number of hydrogen-bond donors (Lipinski definition) is 2. The number of guanidine groups is 1. The van der Waals surface area contributed by atoms with Crippen molar-refractivity contribution in [2.75, 3.05) is 26.8 Å². The van der Waals surface area contributed by atoms with Crippen LogP contribution >= 0.6 is 0 Å². The SMILES string of the molecule is CCNC(=NCCc1ccc(C)c(OC)c1)NC1CCOc2ccccc21. The van der Waals surface area contributed by atoms with Gasteiger partial charge in [-0.2, -0.15) is 0 Å². The van der Waals surface area contributed by atoms with Crippen LogP contribution in [0.1, 0.15) is 36.1 Å². The highest BCUT2D eigenvalue weighted by Gasteiger charge is 2.21. The molecule has 0 saturated carbocycles. The first-order valence-corrected chi connectivity index (χ1v) is 9.61. The van der Waals surface area contributed by atoms with E-state index in [1.54, 1.807) is 7.11 Å². The van der Waals surface area contributed by atoms with E-state index in [9.17, 15) is 0 Å². The van der Waals surface area contributed by atoms with Crippen LogP contribution in [0.2, 0.25) is 0 Å². The minimum absolute atomic E-state index is 0.215. The summed E-state index contributed by atoms with van der Waals surface area (Å²) in [5.74, 6) is 2.74. The van der Waals surface area contributed by atoms with Crippen molar-refractivity contribution < 1.29 is 9.47 Å². The van der Waals surface area contributed by atoms with Gasteiger partial charge in [0.05, 0.1) is 19.8 Å². The lowest BCUT2D eigenvalue weighted by molar-refractivity contribution is 0.261. The second-order valence-electron chi connectivity index (χ2n) is 6.69. The molecule has 144 valence electrons. The third-order valence-electron chi connectivity index (χ3n) is 4.76. The molecule has 2 aromatic rings. The minimum Gasteiger partial charge on any atom is -0.496 e. The molecule has 0 spiro atoms. The summed E-state index contributed by atoms with van der Waals surface area (Å²) < 4.78 is 11.2. The lowest BCUT2D eigenvalue weighted by Gasteiger charge is -2.28. The summed E-state index contributed by atoms with van der Waals surface area (Å²) in [6.45, 7) is 6.40. The van der Waals surface area contributed by atoms with Crippen LogP contribution in [0.25, 0.3) is 0 Å². The van der Waals surface area contributed by atoms with Gasteiger partial charge < -0.3 is 20.1 Å². The normalized spacial score (nSPS) is 16.3. The Morgan fingerprint density at radius 3 is 2.93 bits per heavy atom. The predicted octanol–water partition coefficient (Wildman–Crippen LogP) is 3.63. The maximum absolute atomic E-state index is 5.75. The summed E-state index contributed by atoms with van der Waals surface area (Å²) >= 11 is 0. The standard InChI is InChI=1S/C22H29N3O2/c1-4-23-22(24-13-11-17-10-9-16(2)21(15-17)26-3)25-19-12-14-27-20-8-6-5-7-18(19)20/h5-10,15,19H,4,11-14H2,1-3H3,(H2,23,24,25). The summed E-state index contributed by atoms with van der Waals surface area (Å²) in [7, 11) is 1.71. The average Bonchev–Trinajstić information content (AvgIpc) is 2.69. The Balaban J connectivity index is 1.65. The number of fused-ring (bicyclic) bond motifs is 1. The van der Waals surface area contributed by atoms with Crippen molar-refractivity contribution in [2.24, 2.45) is 4.99 Å². The lowest BCUT2D eigenvalue weighted by atomic mass is 10.0. The Labute approximate surface area is 161 Å². The Bertz CT molecular complexity index is 789. The van der Waals surface area contributed by atoms with Gasteiger partial charge in [0, 0.05) is 25.1 Å². The number of nitrogens with one attached hydrogen (secondary N) is 2. The number of ether oxygens (including phenoxy) is 2. The molecule has 5 heteroatoms. The summed E-state index contributed by atoms with van der Waals surface area (Å²) in [5.41, 5.74) is 3.57. The summed E-state index contributed by atoms with van der Waals surface area (Å²) in [6, 6.07) is 14.8. The largest absolute Gasteiger partial charge is 0.496 e. The fourth-order valence-corrected chi connectivity index (χ4v) is 3.29. The molecule has 0 aromatic heterocycles. The Morgan fingerprint density at radius 1 is 1.26 bits per heavy atom. The van der Waals surface area contributed by atoms with E-state index in [1.165, 1.54) is 11.1 Å². The lowest BCUT2D eigenvalue weighted by Crippen LogP contribution is -2.41. The van der Waals surface area contributed by atoms with E-state index in [0.717, 1.165) is 49.0 Å². The van der Waals surface area contributed by atoms with Gasteiger partial charge in [-0.1, -0.05) is 30.3 Å². The number of rotatable bonds is 6. The van der Waals surface area contributed by atoms with Crippen molar-refractivity contribution in [3.05, 3.63) is 59.2 Å². The molecule has 1 unspecified atom stereocenters. The van der Waals surface area contributed by atoms with Crippen LogP contribution in [0.4, 0.5) is 0 Å². The number of aryl methyl sites for hydroxylation is 1. The highest BCUT2D eigenvalue weighted by Crippen LogP contribution is 2.31. The molecule has 0 amide bonds. The molecule has 0 bridgehead atoms. The van der Waals surface area contributed by atoms with Crippen molar-refractivity contribution in [2.45, 2.75) is 32.7 Å². The summed E-state index contributed by atoms with van der Waals surface area (Å²) in [4.78, 5) is 4.77. The van der Waals surface area contributed by atoms with Crippen LogP contribution in [0, 0.1) is 6.92 Å². The average molecular weight is 367 g/mol. The monoisotopic (exact) mass is 367 g/mol. The maximum atomic E-state index is 5.75. The molecule has 27 heavy (non-hydrogen) atoms. The number of aliphatic imine (C=N–C) groups is 1. The minimum atomic E-state index is 0.215. The van der Waals surface area contributed by atoms with Gasteiger partial charge in [-0.15, -0.1) is 0 Å². The maximum Gasteiger partial charge on any atom is 0.191 e. The third-order valence-corrected chi connectivity index (χ3v) is 4.76. The second-order valence-corrected chi connectivity index (χ2v) is 6.69. The Hall–Kier alpha value is -2.69. The van der Waals surface area contributed by atoms with E-state index in [2.05, 4.69) is 54.8 Å². The fourth-order valence-electron chi connectivity index (χ4n) is 3.29. The van der Waals surface area contributed by atoms with Crippen molar-refractivity contribution in [1.82, 2.24) is 10.6 Å². The molecule has 0 radical (unpaired) electrons. The van der Waals surface area contributed by atoms with Gasteiger partial charge in [0.2, 0.25) is 0 Å². The summed E-state index contributed by atoms with van der Waals surface area (Å²) in [6.07, 6.45) is 1.80. The van der Waals surface area contributed by atoms with E-state index < -0.39 is 0 Å². The predicted molar refractivity (Wildman–Crippen MR) is 110 cm³/mol. The number of para-hydroxylation sites is 1. The molecule has 1 aliphatic heterocycles. The van der Waals surface area contributed by atoms with Crippen molar-refractivity contribution in [3.8, 4) is 11.5 Å². The Kier molecular flexibility index (Phi) is 6.58. The zero-order valence-electron chi connectivity index (χ0n) is 16.4. The van der Waals surface area contributed by atoms with E-state index in [-0.39, 0.29) is 6.04 Å².